The molecule has 3 aromatic rings. The highest BCUT2D eigenvalue weighted by atomic mass is 16.3. The molecule has 0 saturated carbocycles. The van der Waals surface area contributed by atoms with Crippen molar-refractivity contribution in [2.75, 3.05) is 38.1 Å². The van der Waals surface area contributed by atoms with E-state index in [0.717, 1.165) is 48.5 Å². The van der Waals surface area contributed by atoms with Crippen LogP contribution in [-0.4, -0.2) is 65.9 Å². The van der Waals surface area contributed by atoms with Gasteiger partial charge in [-0.25, -0.2) is 0 Å². The highest BCUT2D eigenvalue weighted by molar-refractivity contribution is 6.14. The number of nitrogens with one attached hydrogen (secondary N) is 2. The Morgan fingerprint density at radius 3 is 2.58 bits per heavy atom. The number of H-pyrrole nitrogens is 1. The van der Waals surface area contributed by atoms with Crippen LogP contribution in [0.2, 0.25) is 0 Å². The fraction of sp³-hybridized carbons (Fsp3) is 0.385. The molecule has 0 aliphatic carbocycles. The van der Waals surface area contributed by atoms with Gasteiger partial charge in [-0.3, -0.25) is 14.7 Å². The SMILES string of the molecule is CCC(=Nc1cccc(N2CCN(C(C)C)CC2)c1)c1c(O)[nH]c2ccc(C(=O)NC)cc12. The lowest BCUT2D eigenvalue weighted by atomic mass is 10.0. The quantitative estimate of drug-likeness (QED) is 0.492. The van der Waals surface area contributed by atoms with E-state index in [9.17, 15) is 9.90 Å². The summed E-state index contributed by atoms with van der Waals surface area (Å²) < 4.78 is 0. The summed E-state index contributed by atoms with van der Waals surface area (Å²) in [5, 5.41) is 14.1. The molecule has 2 aromatic carbocycles. The third kappa shape index (κ3) is 4.73. The Labute approximate surface area is 195 Å². The summed E-state index contributed by atoms with van der Waals surface area (Å²) in [4.78, 5) is 25.0. The smallest absolute Gasteiger partial charge is 0.251 e. The molecule has 0 spiro atoms. The zero-order valence-electron chi connectivity index (χ0n) is 19.9. The number of carbonyl (C=O) groups is 1. The van der Waals surface area contributed by atoms with Gasteiger partial charge in [0.15, 0.2) is 5.88 Å². The van der Waals surface area contributed by atoms with E-state index in [2.05, 4.69) is 46.1 Å². The Bertz CT molecular complexity index is 1170. The van der Waals surface area contributed by atoms with E-state index in [1.165, 1.54) is 5.69 Å². The van der Waals surface area contributed by atoms with E-state index in [1.54, 1.807) is 19.2 Å². The van der Waals surface area contributed by atoms with Crippen LogP contribution < -0.4 is 10.2 Å². The van der Waals surface area contributed by atoms with Crippen molar-refractivity contribution in [1.29, 1.82) is 0 Å². The van der Waals surface area contributed by atoms with Gasteiger partial charge in [-0.15, -0.1) is 0 Å². The molecule has 0 radical (unpaired) electrons. The topological polar surface area (TPSA) is 84.0 Å². The van der Waals surface area contributed by atoms with Gasteiger partial charge in [-0.05, 0) is 56.7 Å². The first kappa shape index (κ1) is 22.9. The molecule has 1 aliphatic rings. The molecule has 2 heterocycles. The number of benzene rings is 2. The van der Waals surface area contributed by atoms with E-state index in [0.29, 0.717) is 23.6 Å². The third-order valence-electron chi connectivity index (χ3n) is 6.40. The summed E-state index contributed by atoms with van der Waals surface area (Å²) in [7, 11) is 1.61. The van der Waals surface area contributed by atoms with Crippen LogP contribution >= 0.6 is 0 Å². The van der Waals surface area contributed by atoms with Crippen LogP contribution in [0.3, 0.4) is 0 Å². The molecule has 0 bridgehead atoms. The van der Waals surface area contributed by atoms with Gasteiger partial charge >= 0.3 is 0 Å². The Morgan fingerprint density at radius 2 is 1.91 bits per heavy atom. The van der Waals surface area contributed by atoms with Gasteiger partial charge < -0.3 is 20.3 Å². The van der Waals surface area contributed by atoms with Crippen molar-refractivity contribution in [1.82, 2.24) is 15.2 Å². The Morgan fingerprint density at radius 1 is 1.15 bits per heavy atom. The van der Waals surface area contributed by atoms with Crippen LogP contribution in [0, 0.1) is 0 Å². The summed E-state index contributed by atoms with van der Waals surface area (Å²) in [6, 6.07) is 14.2. The molecule has 0 atom stereocenters. The second-order valence-electron chi connectivity index (χ2n) is 8.74. The summed E-state index contributed by atoms with van der Waals surface area (Å²) >= 11 is 0. The number of piperazine rings is 1. The van der Waals surface area contributed by atoms with E-state index in [-0.39, 0.29) is 11.8 Å². The molecule has 3 N–H and O–H groups in total. The van der Waals surface area contributed by atoms with Gasteiger partial charge in [0.1, 0.15) is 0 Å². The van der Waals surface area contributed by atoms with Gasteiger partial charge in [0.25, 0.3) is 5.91 Å². The van der Waals surface area contributed by atoms with Crippen LogP contribution in [0.15, 0.2) is 47.5 Å². The average Bonchev–Trinajstić information content (AvgIpc) is 3.17. The lowest BCUT2D eigenvalue weighted by Crippen LogP contribution is -2.48. The number of hydrogen-bond donors (Lipinski definition) is 3. The van der Waals surface area contributed by atoms with Crippen molar-refractivity contribution in [2.45, 2.75) is 33.2 Å². The number of anilines is 1. The van der Waals surface area contributed by atoms with Crippen molar-refractivity contribution in [2.24, 2.45) is 4.99 Å². The number of aromatic amines is 1. The number of nitrogens with zero attached hydrogens (tertiary/aromatic N) is 3. The summed E-state index contributed by atoms with van der Waals surface area (Å²) in [5.41, 5.74) is 4.76. The maximum Gasteiger partial charge on any atom is 0.251 e. The standard InChI is InChI=1S/C26H33N5O2/c1-5-22(24-21-15-18(25(32)27-4)9-10-23(21)29-26(24)33)28-19-7-6-8-20(16-19)31-13-11-30(12-14-31)17(2)3/h6-10,15-17,29,33H,5,11-14H2,1-4H3,(H,27,32). The first-order chi connectivity index (χ1) is 15.9. The van der Waals surface area contributed by atoms with Crippen LogP contribution in [0.5, 0.6) is 5.88 Å². The third-order valence-corrected chi connectivity index (χ3v) is 6.40. The predicted molar refractivity (Wildman–Crippen MR) is 135 cm³/mol. The van der Waals surface area contributed by atoms with Crippen molar-refractivity contribution in [3.8, 4) is 5.88 Å². The second-order valence-corrected chi connectivity index (χ2v) is 8.74. The molecule has 4 rings (SSSR count). The van der Waals surface area contributed by atoms with Crippen molar-refractivity contribution < 1.29 is 9.90 Å². The lowest BCUT2D eigenvalue weighted by Gasteiger charge is -2.38. The highest BCUT2D eigenvalue weighted by Crippen LogP contribution is 2.32. The molecule has 7 heteroatoms. The molecule has 1 aromatic heterocycles. The highest BCUT2D eigenvalue weighted by Gasteiger charge is 2.20. The Kier molecular flexibility index (Phi) is 6.70. The Balaban J connectivity index is 1.66. The molecule has 0 unspecified atom stereocenters. The molecular formula is C26H33N5O2. The van der Waals surface area contributed by atoms with Crippen molar-refractivity contribution in [3.05, 3.63) is 53.6 Å². The fourth-order valence-electron chi connectivity index (χ4n) is 4.48. The molecule has 174 valence electrons. The number of aromatic hydroxyl groups is 1. The summed E-state index contributed by atoms with van der Waals surface area (Å²) in [6.45, 7) is 10.6. The van der Waals surface area contributed by atoms with E-state index in [1.807, 2.05) is 25.1 Å². The van der Waals surface area contributed by atoms with E-state index >= 15 is 0 Å². The zero-order valence-corrected chi connectivity index (χ0v) is 19.9. The predicted octanol–water partition coefficient (Wildman–Crippen LogP) is 4.29. The lowest BCUT2D eigenvalue weighted by molar-refractivity contribution is 0.0963. The number of aromatic nitrogens is 1. The largest absolute Gasteiger partial charge is 0.494 e. The maximum atomic E-state index is 12.1. The zero-order chi connectivity index (χ0) is 23.5. The minimum absolute atomic E-state index is 0.0700. The van der Waals surface area contributed by atoms with Gasteiger partial charge in [0, 0.05) is 61.4 Å². The second kappa shape index (κ2) is 9.67. The molecule has 1 fully saturated rings. The molecule has 1 saturated heterocycles. The number of rotatable bonds is 6. The van der Waals surface area contributed by atoms with E-state index in [4.69, 9.17) is 4.99 Å². The minimum Gasteiger partial charge on any atom is -0.494 e. The van der Waals surface area contributed by atoms with Crippen molar-refractivity contribution >= 4 is 33.9 Å². The molecule has 1 aliphatic heterocycles. The first-order valence-corrected chi connectivity index (χ1v) is 11.6. The van der Waals surface area contributed by atoms with Crippen LogP contribution in [0.25, 0.3) is 10.9 Å². The van der Waals surface area contributed by atoms with Crippen LogP contribution in [0.1, 0.15) is 43.1 Å². The number of aliphatic imine (C=N–C) groups is 1. The van der Waals surface area contributed by atoms with Gasteiger partial charge in [0.05, 0.1) is 17.0 Å². The average molecular weight is 448 g/mol. The number of amides is 1. The van der Waals surface area contributed by atoms with Gasteiger partial charge in [-0.2, -0.15) is 0 Å². The van der Waals surface area contributed by atoms with Gasteiger partial charge in [0.2, 0.25) is 0 Å². The summed E-state index contributed by atoms with van der Waals surface area (Å²) in [5.74, 6) is -0.0931. The molecule has 33 heavy (non-hydrogen) atoms. The number of fused-ring (bicyclic) bond motifs is 1. The molecule has 1 amide bonds. The Hall–Kier alpha value is -3.32. The monoisotopic (exact) mass is 447 g/mol. The first-order valence-electron chi connectivity index (χ1n) is 11.6. The summed E-state index contributed by atoms with van der Waals surface area (Å²) in [6.07, 6.45) is 0.641. The van der Waals surface area contributed by atoms with Gasteiger partial charge in [-0.1, -0.05) is 13.0 Å². The number of carbonyl (C=O) groups excluding carboxylic acids is 1. The normalized spacial score (nSPS) is 15.4. The van der Waals surface area contributed by atoms with Crippen LogP contribution in [-0.2, 0) is 0 Å². The van der Waals surface area contributed by atoms with Crippen LogP contribution in [0.4, 0.5) is 11.4 Å². The molecule has 7 nitrogen and oxygen atoms in total. The van der Waals surface area contributed by atoms with Crippen molar-refractivity contribution in [3.63, 3.8) is 0 Å². The minimum atomic E-state index is -0.163. The molecular weight excluding hydrogens is 414 g/mol. The number of hydrogen-bond acceptors (Lipinski definition) is 5. The van der Waals surface area contributed by atoms with E-state index < -0.39 is 0 Å². The fourth-order valence-corrected chi connectivity index (χ4v) is 4.48. The maximum absolute atomic E-state index is 12.1.